The van der Waals surface area contributed by atoms with Gasteiger partial charge in [0.05, 0.1) is 0 Å². The highest BCUT2D eigenvalue weighted by molar-refractivity contribution is 5.21. The number of hydrogen-bond donors (Lipinski definition) is 0. The molecule has 1 aliphatic carbocycles. The standard InChI is InChI=1S/C13H22/c1-6-10(4)11(5)7-12-8-13(12)9(2)3/h6,9,12-13H,1,7-8H2,2-5H3. The van der Waals surface area contributed by atoms with Gasteiger partial charge in [-0.15, -0.1) is 0 Å². The second kappa shape index (κ2) is 4.13. The van der Waals surface area contributed by atoms with Crippen molar-refractivity contribution in [2.45, 2.75) is 40.5 Å². The summed E-state index contributed by atoms with van der Waals surface area (Å²) in [6.45, 7) is 12.9. The summed E-state index contributed by atoms with van der Waals surface area (Å²) < 4.78 is 0. The van der Waals surface area contributed by atoms with Crippen molar-refractivity contribution in [3.63, 3.8) is 0 Å². The molecular formula is C13H22. The van der Waals surface area contributed by atoms with Crippen LogP contribution in [0, 0.1) is 17.8 Å². The summed E-state index contributed by atoms with van der Waals surface area (Å²) in [5.41, 5.74) is 2.90. The molecule has 0 aliphatic heterocycles. The highest BCUT2D eigenvalue weighted by Gasteiger charge is 2.38. The van der Waals surface area contributed by atoms with Crippen molar-refractivity contribution in [2.24, 2.45) is 17.8 Å². The molecule has 0 heteroatoms. The first kappa shape index (κ1) is 10.6. The maximum absolute atomic E-state index is 3.81. The fourth-order valence-corrected chi connectivity index (χ4v) is 2.05. The Kier molecular flexibility index (Phi) is 3.35. The lowest BCUT2D eigenvalue weighted by molar-refractivity contribution is 0.515. The third-order valence-corrected chi connectivity index (χ3v) is 3.38. The zero-order valence-electron chi connectivity index (χ0n) is 9.43. The summed E-state index contributed by atoms with van der Waals surface area (Å²) in [6.07, 6.45) is 4.71. The summed E-state index contributed by atoms with van der Waals surface area (Å²) in [4.78, 5) is 0. The number of allylic oxidation sites excluding steroid dienone is 3. The average Bonchev–Trinajstić information content (AvgIpc) is 2.82. The quantitative estimate of drug-likeness (QED) is 0.566. The predicted octanol–water partition coefficient (Wildman–Crippen LogP) is 4.19. The van der Waals surface area contributed by atoms with Crippen molar-refractivity contribution in [1.29, 1.82) is 0 Å². The van der Waals surface area contributed by atoms with E-state index in [1.807, 2.05) is 6.08 Å². The van der Waals surface area contributed by atoms with E-state index in [1.165, 1.54) is 24.0 Å². The van der Waals surface area contributed by atoms with Crippen molar-refractivity contribution in [3.05, 3.63) is 23.8 Å². The summed E-state index contributed by atoms with van der Waals surface area (Å²) in [6, 6.07) is 0. The van der Waals surface area contributed by atoms with Crippen LogP contribution in [0.5, 0.6) is 0 Å². The van der Waals surface area contributed by atoms with Gasteiger partial charge in [-0.05, 0) is 44.4 Å². The van der Waals surface area contributed by atoms with Gasteiger partial charge in [-0.25, -0.2) is 0 Å². The lowest BCUT2D eigenvalue weighted by atomic mass is 10.0. The highest BCUT2D eigenvalue weighted by atomic mass is 14.4. The van der Waals surface area contributed by atoms with Crippen molar-refractivity contribution < 1.29 is 0 Å². The van der Waals surface area contributed by atoms with E-state index in [4.69, 9.17) is 0 Å². The van der Waals surface area contributed by atoms with Crippen molar-refractivity contribution in [3.8, 4) is 0 Å². The molecule has 1 fully saturated rings. The van der Waals surface area contributed by atoms with Gasteiger partial charge in [-0.2, -0.15) is 0 Å². The van der Waals surface area contributed by atoms with Gasteiger partial charge in [0.15, 0.2) is 0 Å². The molecule has 0 amide bonds. The zero-order chi connectivity index (χ0) is 10.0. The molecule has 1 rings (SSSR count). The minimum absolute atomic E-state index is 0.877. The van der Waals surface area contributed by atoms with Crippen molar-refractivity contribution in [1.82, 2.24) is 0 Å². The van der Waals surface area contributed by atoms with Crippen LogP contribution in [0.1, 0.15) is 40.5 Å². The molecule has 0 radical (unpaired) electrons. The van der Waals surface area contributed by atoms with Gasteiger partial charge in [0, 0.05) is 0 Å². The second-order valence-corrected chi connectivity index (χ2v) is 4.78. The first-order chi connectivity index (χ1) is 6.06. The third-order valence-electron chi connectivity index (χ3n) is 3.38. The maximum atomic E-state index is 3.81. The molecule has 0 spiro atoms. The van der Waals surface area contributed by atoms with E-state index in [9.17, 15) is 0 Å². The fraction of sp³-hybridized carbons (Fsp3) is 0.692. The van der Waals surface area contributed by atoms with E-state index in [2.05, 4.69) is 34.3 Å². The van der Waals surface area contributed by atoms with Crippen LogP contribution in [0.15, 0.2) is 23.8 Å². The molecule has 2 atom stereocenters. The van der Waals surface area contributed by atoms with Gasteiger partial charge in [0.2, 0.25) is 0 Å². The Morgan fingerprint density at radius 1 is 1.46 bits per heavy atom. The Morgan fingerprint density at radius 2 is 2.08 bits per heavy atom. The molecule has 0 bridgehead atoms. The third kappa shape index (κ3) is 2.72. The van der Waals surface area contributed by atoms with E-state index >= 15 is 0 Å². The smallest absolute Gasteiger partial charge is 0.0286 e. The van der Waals surface area contributed by atoms with E-state index < -0.39 is 0 Å². The van der Waals surface area contributed by atoms with Crippen LogP contribution in [0.2, 0.25) is 0 Å². The van der Waals surface area contributed by atoms with Gasteiger partial charge in [-0.1, -0.05) is 37.6 Å². The Hall–Kier alpha value is -0.520. The molecule has 1 saturated carbocycles. The lowest BCUT2D eigenvalue weighted by Gasteiger charge is -2.05. The van der Waals surface area contributed by atoms with E-state index in [0.29, 0.717) is 0 Å². The van der Waals surface area contributed by atoms with Crippen molar-refractivity contribution in [2.75, 3.05) is 0 Å². The van der Waals surface area contributed by atoms with Crippen LogP contribution in [0.4, 0.5) is 0 Å². The minimum Gasteiger partial charge on any atom is -0.0988 e. The highest BCUT2D eigenvalue weighted by Crippen LogP contribution is 2.47. The monoisotopic (exact) mass is 178 g/mol. The molecule has 0 saturated heterocycles. The molecule has 0 nitrogen and oxygen atoms in total. The Balaban J connectivity index is 2.40. The molecular weight excluding hydrogens is 156 g/mol. The summed E-state index contributed by atoms with van der Waals surface area (Å²) >= 11 is 0. The van der Waals surface area contributed by atoms with Gasteiger partial charge in [-0.3, -0.25) is 0 Å². The molecule has 74 valence electrons. The van der Waals surface area contributed by atoms with Gasteiger partial charge in [0.1, 0.15) is 0 Å². The van der Waals surface area contributed by atoms with E-state index in [0.717, 1.165) is 17.8 Å². The average molecular weight is 178 g/mol. The second-order valence-electron chi connectivity index (χ2n) is 4.78. The predicted molar refractivity (Wildman–Crippen MR) is 59.6 cm³/mol. The summed E-state index contributed by atoms with van der Waals surface area (Å²) in [5.74, 6) is 2.84. The molecule has 0 aromatic heterocycles. The summed E-state index contributed by atoms with van der Waals surface area (Å²) in [7, 11) is 0. The van der Waals surface area contributed by atoms with Crippen molar-refractivity contribution >= 4 is 0 Å². The normalized spacial score (nSPS) is 28.7. The summed E-state index contributed by atoms with van der Waals surface area (Å²) in [5, 5.41) is 0. The Bertz CT molecular complexity index is 220. The van der Waals surface area contributed by atoms with Crippen LogP contribution < -0.4 is 0 Å². The zero-order valence-corrected chi connectivity index (χ0v) is 9.43. The molecule has 13 heavy (non-hydrogen) atoms. The van der Waals surface area contributed by atoms with E-state index in [1.54, 1.807) is 0 Å². The maximum Gasteiger partial charge on any atom is -0.0286 e. The molecule has 0 heterocycles. The minimum atomic E-state index is 0.877. The molecule has 1 aliphatic rings. The fourth-order valence-electron chi connectivity index (χ4n) is 2.05. The van der Waals surface area contributed by atoms with Crippen LogP contribution >= 0.6 is 0 Å². The first-order valence-corrected chi connectivity index (χ1v) is 5.35. The lowest BCUT2D eigenvalue weighted by Crippen LogP contribution is -1.94. The Labute approximate surface area is 82.7 Å². The van der Waals surface area contributed by atoms with Crippen LogP contribution in [-0.4, -0.2) is 0 Å². The van der Waals surface area contributed by atoms with Gasteiger partial charge >= 0.3 is 0 Å². The molecule has 0 aromatic rings. The Morgan fingerprint density at radius 3 is 2.46 bits per heavy atom. The number of hydrogen-bond acceptors (Lipinski definition) is 0. The largest absolute Gasteiger partial charge is 0.0988 e. The first-order valence-electron chi connectivity index (χ1n) is 5.35. The van der Waals surface area contributed by atoms with Crippen LogP contribution in [0.25, 0.3) is 0 Å². The molecule has 0 aromatic carbocycles. The van der Waals surface area contributed by atoms with Crippen LogP contribution in [0.3, 0.4) is 0 Å². The SMILES string of the molecule is C=CC(C)=C(C)CC1CC1C(C)C. The number of rotatable bonds is 4. The molecule has 2 unspecified atom stereocenters. The van der Waals surface area contributed by atoms with Crippen LogP contribution in [-0.2, 0) is 0 Å². The van der Waals surface area contributed by atoms with E-state index in [-0.39, 0.29) is 0 Å². The topological polar surface area (TPSA) is 0 Å². The molecule has 0 N–H and O–H groups in total. The van der Waals surface area contributed by atoms with Gasteiger partial charge in [0.25, 0.3) is 0 Å². The van der Waals surface area contributed by atoms with Gasteiger partial charge < -0.3 is 0 Å².